The van der Waals surface area contributed by atoms with Crippen LogP contribution in [0.4, 0.5) is 0 Å². The zero-order valence-electron chi connectivity index (χ0n) is 11.9. The zero-order valence-corrected chi connectivity index (χ0v) is 12.6. The number of nitrogens with one attached hydrogen (secondary N) is 1. The fourth-order valence-electron chi connectivity index (χ4n) is 2.54. The molecule has 2 aromatic heterocycles. The van der Waals surface area contributed by atoms with Crippen molar-refractivity contribution in [2.75, 3.05) is 0 Å². The third kappa shape index (κ3) is 2.30. The van der Waals surface area contributed by atoms with Gasteiger partial charge in [0.15, 0.2) is 5.15 Å². The summed E-state index contributed by atoms with van der Waals surface area (Å²) in [5, 5.41) is 9.84. The third-order valence-electron chi connectivity index (χ3n) is 3.64. The number of nitriles is 1. The first-order valence-electron chi connectivity index (χ1n) is 7.02. The van der Waals surface area contributed by atoms with Crippen LogP contribution in [0.1, 0.15) is 17.4 Å². The normalized spacial score (nSPS) is 12.3. The average Bonchev–Trinajstić information content (AvgIpc) is 2.99. The summed E-state index contributed by atoms with van der Waals surface area (Å²) in [4.78, 5) is 16.5. The minimum absolute atomic E-state index is 0.218. The third-order valence-corrected chi connectivity index (χ3v) is 3.91. The Morgan fingerprint density at radius 2 is 1.57 bits per heavy atom. The number of fused-ring (bicyclic) bond motifs is 2. The molecule has 0 aliphatic rings. The van der Waals surface area contributed by atoms with E-state index in [2.05, 4.69) is 26.0 Å². The van der Waals surface area contributed by atoms with Gasteiger partial charge in [-0.15, -0.1) is 0 Å². The molecule has 0 saturated carbocycles. The Balaban J connectivity index is 1.89. The van der Waals surface area contributed by atoms with E-state index in [1.54, 1.807) is 0 Å². The second-order valence-corrected chi connectivity index (χ2v) is 5.45. The molecule has 110 valence electrons. The lowest BCUT2D eigenvalue weighted by atomic mass is 10.1. The van der Waals surface area contributed by atoms with Gasteiger partial charge >= 0.3 is 0 Å². The van der Waals surface area contributed by atoms with Crippen molar-refractivity contribution in [1.29, 1.82) is 5.26 Å². The maximum atomic E-state index is 9.62. The molecule has 0 fully saturated rings. The van der Waals surface area contributed by atoms with Gasteiger partial charge in [0.25, 0.3) is 0 Å². The smallest absolute Gasteiger partial charge is 0.153 e. The molecule has 2 aromatic carbocycles. The number of aromatic amines is 1. The molecule has 0 spiro atoms. The first-order valence-corrected chi connectivity index (χ1v) is 7.40. The standard InChI is InChI=1S/C17H10ClN5/c18-16-15(20-11-5-1-2-6-12(11)21-16)10(9-19)17-22-13-7-3-4-8-14(13)23-17/h1-8,10H,(H,22,23)/t10-/m0/s1. The first-order chi connectivity index (χ1) is 11.3. The molecule has 6 heteroatoms. The van der Waals surface area contributed by atoms with E-state index in [4.69, 9.17) is 11.6 Å². The second kappa shape index (κ2) is 5.34. The van der Waals surface area contributed by atoms with Crippen molar-refractivity contribution in [2.24, 2.45) is 0 Å². The Labute approximate surface area is 136 Å². The maximum Gasteiger partial charge on any atom is 0.153 e. The van der Waals surface area contributed by atoms with Crippen LogP contribution in [-0.4, -0.2) is 19.9 Å². The molecule has 0 unspecified atom stereocenters. The van der Waals surface area contributed by atoms with E-state index in [0.29, 0.717) is 22.6 Å². The van der Waals surface area contributed by atoms with Crippen molar-refractivity contribution in [3.8, 4) is 6.07 Å². The van der Waals surface area contributed by atoms with E-state index < -0.39 is 5.92 Å². The van der Waals surface area contributed by atoms with Crippen LogP contribution in [-0.2, 0) is 0 Å². The number of imidazole rings is 1. The SMILES string of the molecule is N#C[C@H](c1nc2ccccc2[nH]1)c1nc2ccccc2nc1Cl. The predicted octanol–water partition coefficient (Wildman–Crippen LogP) is 3.81. The van der Waals surface area contributed by atoms with Crippen molar-refractivity contribution in [3.05, 3.63) is 65.2 Å². The number of halogens is 1. The average molecular weight is 320 g/mol. The van der Waals surface area contributed by atoms with E-state index in [1.807, 2.05) is 48.5 Å². The van der Waals surface area contributed by atoms with Crippen molar-refractivity contribution in [2.45, 2.75) is 5.92 Å². The van der Waals surface area contributed by atoms with Crippen molar-refractivity contribution < 1.29 is 0 Å². The number of benzene rings is 2. The first kappa shape index (κ1) is 13.7. The lowest BCUT2D eigenvalue weighted by Crippen LogP contribution is -2.06. The van der Waals surface area contributed by atoms with Gasteiger partial charge in [-0.25, -0.2) is 15.0 Å². The molecule has 0 radical (unpaired) electrons. The lowest BCUT2D eigenvalue weighted by Gasteiger charge is -2.08. The largest absolute Gasteiger partial charge is 0.341 e. The molecule has 0 bridgehead atoms. The number of para-hydroxylation sites is 4. The maximum absolute atomic E-state index is 9.62. The van der Waals surface area contributed by atoms with Crippen LogP contribution in [0.25, 0.3) is 22.1 Å². The van der Waals surface area contributed by atoms with E-state index in [1.165, 1.54) is 0 Å². The molecule has 0 amide bonds. The topological polar surface area (TPSA) is 78.2 Å². The summed E-state index contributed by atoms with van der Waals surface area (Å²) in [7, 11) is 0. The molecule has 0 aliphatic carbocycles. The quantitative estimate of drug-likeness (QED) is 0.609. The van der Waals surface area contributed by atoms with Gasteiger partial charge in [0.2, 0.25) is 0 Å². The predicted molar refractivity (Wildman–Crippen MR) is 88.1 cm³/mol. The van der Waals surface area contributed by atoms with Crippen molar-refractivity contribution >= 4 is 33.7 Å². The van der Waals surface area contributed by atoms with Crippen LogP contribution >= 0.6 is 11.6 Å². The Morgan fingerprint density at radius 3 is 2.26 bits per heavy atom. The molecule has 1 atom stereocenters. The molecule has 5 nitrogen and oxygen atoms in total. The van der Waals surface area contributed by atoms with Crippen LogP contribution < -0.4 is 0 Å². The lowest BCUT2D eigenvalue weighted by molar-refractivity contribution is 0.891. The van der Waals surface area contributed by atoms with Gasteiger partial charge in [-0.2, -0.15) is 5.26 Å². The molecule has 0 saturated heterocycles. The van der Waals surface area contributed by atoms with Crippen LogP contribution in [0.3, 0.4) is 0 Å². The summed E-state index contributed by atoms with van der Waals surface area (Å²) in [6, 6.07) is 17.2. The highest BCUT2D eigenvalue weighted by molar-refractivity contribution is 6.30. The van der Waals surface area contributed by atoms with Gasteiger partial charge < -0.3 is 4.98 Å². The fraction of sp³-hybridized carbons (Fsp3) is 0.0588. The summed E-state index contributed by atoms with van der Waals surface area (Å²) in [6.07, 6.45) is 0. The van der Waals surface area contributed by atoms with E-state index in [-0.39, 0.29) is 5.15 Å². The Hall–Kier alpha value is -2.97. The molecular formula is C17H10ClN5. The summed E-state index contributed by atoms with van der Waals surface area (Å²) >= 11 is 6.26. The molecular weight excluding hydrogens is 310 g/mol. The fourth-order valence-corrected chi connectivity index (χ4v) is 2.78. The number of aromatic nitrogens is 4. The van der Waals surface area contributed by atoms with Gasteiger partial charge in [-0.3, -0.25) is 0 Å². The summed E-state index contributed by atoms with van der Waals surface area (Å²) in [5.41, 5.74) is 3.47. The molecule has 1 N–H and O–H groups in total. The van der Waals surface area contributed by atoms with Gasteiger partial charge in [0.1, 0.15) is 17.4 Å². The Kier molecular flexibility index (Phi) is 3.18. The van der Waals surface area contributed by atoms with Crippen molar-refractivity contribution in [3.63, 3.8) is 0 Å². The number of nitrogens with zero attached hydrogens (tertiary/aromatic N) is 4. The number of hydrogen-bond donors (Lipinski definition) is 1. The monoisotopic (exact) mass is 319 g/mol. The van der Waals surface area contributed by atoms with Crippen molar-refractivity contribution in [1.82, 2.24) is 19.9 Å². The molecule has 2 heterocycles. The van der Waals surface area contributed by atoms with Crippen LogP contribution in [0.15, 0.2) is 48.5 Å². The van der Waals surface area contributed by atoms with Gasteiger partial charge in [-0.05, 0) is 24.3 Å². The van der Waals surface area contributed by atoms with E-state index in [0.717, 1.165) is 11.0 Å². The van der Waals surface area contributed by atoms with Crippen LogP contribution in [0, 0.1) is 11.3 Å². The van der Waals surface area contributed by atoms with Gasteiger partial charge in [0.05, 0.1) is 28.1 Å². The molecule has 23 heavy (non-hydrogen) atoms. The summed E-state index contributed by atoms with van der Waals surface area (Å²) in [5.74, 6) is -0.188. The van der Waals surface area contributed by atoms with E-state index >= 15 is 0 Å². The van der Waals surface area contributed by atoms with Gasteiger partial charge in [0, 0.05) is 0 Å². The molecule has 4 aromatic rings. The van der Waals surface area contributed by atoms with Crippen LogP contribution in [0.5, 0.6) is 0 Å². The second-order valence-electron chi connectivity index (χ2n) is 5.09. The molecule has 0 aliphatic heterocycles. The molecule has 4 rings (SSSR count). The summed E-state index contributed by atoms with van der Waals surface area (Å²) < 4.78 is 0. The highest BCUT2D eigenvalue weighted by Crippen LogP contribution is 2.28. The highest BCUT2D eigenvalue weighted by atomic mass is 35.5. The minimum atomic E-state index is -0.702. The Bertz CT molecular complexity index is 1030. The van der Waals surface area contributed by atoms with Crippen LogP contribution in [0.2, 0.25) is 5.15 Å². The summed E-state index contributed by atoms with van der Waals surface area (Å²) in [6.45, 7) is 0. The number of H-pyrrole nitrogens is 1. The minimum Gasteiger partial charge on any atom is -0.341 e. The number of rotatable bonds is 2. The zero-order chi connectivity index (χ0) is 15.8. The van der Waals surface area contributed by atoms with Gasteiger partial charge in [-0.1, -0.05) is 35.9 Å². The Morgan fingerprint density at radius 1 is 0.913 bits per heavy atom. The highest BCUT2D eigenvalue weighted by Gasteiger charge is 2.23. The number of hydrogen-bond acceptors (Lipinski definition) is 4. The van der Waals surface area contributed by atoms with E-state index in [9.17, 15) is 5.26 Å².